The van der Waals surface area contributed by atoms with Crippen molar-refractivity contribution in [1.29, 1.82) is 0 Å². The number of benzene rings is 2. The standard InChI is InChI=1S/C12H9BrFNO2S/c13-11-8-9(14)6-7-12(11)18(16,17)15-10-4-2-1-3-5-10/h1-8,15H. The van der Waals surface area contributed by atoms with E-state index in [1.165, 1.54) is 6.07 Å². The third-order valence-electron chi connectivity index (χ3n) is 2.21. The van der Waals surface area contributed by atoms with Crippen LogP contribution in [0.4, 0.5) is 10.1 Å². The third kappa shape index (κ3) is 2.88. The Morgan fingerprint density at radius 1 is 1.06 bits per heavy atom. The second-order valence-corrected chi connectivity index (χ2v) is 6.05. The van der Waals surface area contributed by atoms with Crippen molar-refractivity contribution in [3.63, 3.8) is 0 Å². The lowest BCUT2D eigenvalue weighted by Gasteiger charge is -2.09. The van der Waals surface area contributed by atoms with Gasteiger partial charge < -0.3 is 0 Å². The van der Waals surface area contributed by atoms with Crippen LogP contribution < -0.4 is 4.72 Å². The van der Waals surface area contributed by atoms with Gasteiger partial charge in [-0.05, 0) is 46.3 Å². The summed E-state index contributed by atoms with van der Waals surface area (Å²) in [6.45, 7) is 0. The number of hydrogen-bond donors (Lipinski definition) is 1. The minimum atomic E-state index is -3.72. The summed E-state index contributed by atoms with van der Waals surface area (Å²) in [5.41, 5.74) is 0.453. The molecule has 0 heterocycles. The molecule has 0 aliphatic rings. The summed E-state index contributed by atoms with van der Waals surface area (Å²) in [5, 5.41) is 0. The summed E-state index contributed by atoms with van der Waals surface area (Å²) in [7, 11) is -3.72. The largest absolute Gasteiger partial charge is 0.280 e. The van der Waals surface area contributed by atoms with Gasteiger partial charge in [0.25, 0.3) is 10.0 Å². The molecule has 2 aromatic rings. The molecule has 0 atom stereocenters. The molecular weight excluding hydrogens is 321 g/mol. The van der Waals surface area contributed by atoms with Gasteiger partial charge in [0.05, 0.1) is 0 Å². The van der Waals surface area contributed by atoms with Gasteiger partial charge in [-0.15, -0.1) is 0 Å². The SMILES string of the molecule is O=S(=O)(Nc1ccccc1)c1ccc(F)cc1Br. The topological polar surface area (TPSA) is 46.2 Å². The average Bonchev–Trinajstić information content (AvgIpc) is 2.29. The van der Waals surface area contributed by atoms with E-state index in [2.05, 4.69) is 20.7 Å². The normalized spacial score (nSPS) is 11.2. The fourth-order valence-electron chi connectivity index (χ4n) is 1.41. The molecular formula is C12H9BrFNO2S. The molecule has 0 saturated heterocycles. The van der Waals surface area contributed by atoms with E-state index in [0.717, 1.165) is 12.1 Å². The number of rotatable bonds is 3. The van der Waals surface area contributed by atoms with Crippen molar-refractivity contribution in [2.45, 2.75) is 4.90 Å². The lowest BCUT2D eigenvalue weighted by Crippen LogP contribution is -2.13. The van der Waals surface area contributed by atoms with E-state index in [0.29, 0.717) is 5.69 Å². The molecule has 0 bridgehead atoms. The number of para-hydroxylation sites is 1. The molecule has 0 fully saturated rings. The molecule has 0 aliphatic carbocycles. The highest BCUT2D eigenvalue weighted by Crippen LogP contribution is 2.24. The smallest absolute Gasteiger partial charge is 0.263 e. The molecule has 0 radical (unpaired) electrons. The first-order chi connectivity index (χ1) is 8.49. The van der Waals surface area contributed by atoms with Crippen molar-refractivity contribution in [1.82, 2.24) is 0 Å². The molecule has 0 spiro atoms. The third-order valence-corrected chi connectivity index (χ3v) is 4.57. The maximum Gasteiger partial charge on any atom is 0.263 e. The molecule has 1 N–H and O–H groups in total. The lowest BCUT2D eigenvalue weighted by atomic mass is 10.3. The van der Waals surface area contributed by atoms with Crippen LogP contribution in [0.1, 0.15) is 0 Å². The van der Waals surface area contributed by atoms with Gasteiger partial charge >= 0.3 is 0 Å². The highest BCUT2D eigenvalue weighted by Gasteiger charge is 2.17. The fourth-order valence-corrected chi connectivity index (χ4v) is 3.52. The molecule has 0 unspecified atom stereocenters. The van der Waals surface area contributed by atoms with Crippen molar-refractivity contribution in [2.75, 3.05) is 4.72 Å². The van der Waals surface area contributed by atoms with E-state index in [-0.39, 0.29) is 9.37 Å². The maximum absolute atomic E-state index is 12.9. The maximum atomic E-state index is 12.9. The summed E-state index contributed by atoms with van der Waals surface area (Å²) in [6, 6.07) is 11.9. The van der Waals surface area contributed by atoms with Crippen LogP contribution in [0.25, 0.3) is 0 Å². The zero-order valence-electron chi connectivity index (χ0n) is 9.10. The van der Waals surface area contributed by atoms with Crippen LogP contribution in [-0.4, -0.2) is 8.42 Å². The van der Waals surface area contributed by atoms with Crippen LogP contribution in [-0.2, 0) is 10.0 Å². The van der Waals surface area contributed by atoms with Crippen molar-refractivity contribution in [2.24, 2.45) is 0 Å². The van der Waals surface area contributed by atoms with Crippen LogP contribution >= 0.6 is 15.9 Å². The Hall–Kier alpha value is -1.40. The van der Waals surface area contributed by atoms with Crippen molar-refractivity contribution in [3.8, 4) is 0 Å². The van der Waals surface area contributed by atoms with Gasteiger partial charge in [-0.25, -0.2) is 12.8 Å². The van der Waals surface area contributed by atoms with Gasteiger partial charge in [0.15, 0.2) is 0 Å². The Morgan fingerprint density at radius 3 is 2.33 bits per heavy atom. The van der Waals surface area contributed by atoms with Gasteiger partial charge in [-0.1, -0.05) is 18.2 Å². The summed E-state index contributed by atoms with van der Waals surface area (Å²) < 4.78 is 39.7. The van der Waals surface area contributed by atoms with Crippen LogP contribution in [0.5, 0.6) is 0 Å². The molecule has 2 rings (SSSR count). The predicted molar refractivity (Wildman–Crippen MR) is 71.4 cm³/mol. The van der Waals surface area contributed by atoms with E-state index in [4.69, 9.17) is 0 Å². The van der Waals surface area contributed by atoms with Crippen molar-refractivity contribution in [3.05, 3.63) is 58.8 Å². The van der Waals surface area contributed by atoms with Crippen LogP contribution in [0.3, 0.4) is 0 Å². The molecule has 6 heteroatoms. The van der Waals surface area contributed by atoms with E-state index in [1.54, 1.807) is 30.3 Å². The number of hydrogen-bond acceptors (Lipinski definition) is 2. The van der Waals surface area contributed by atoms with E-state index < -0.39 is 15.8 Å². The van der Waals surface area contributed by atoms with E-state index >= 15 is 0 Å². The number of nitrogens with one attached hydrogen (secondary N) is 1. The molecule has 0 aromatic heterocycles. The van der Waals surface area contributed by atoms with Gasteiger partial charge in [-0.3, -0.25) is 4.72 Å². The summed E-state index contributed by atoms with van der Waals surface area (Å²) in [4.78, 5) is -0.00671. The number of halogens is 2. The number of sulfonamides is 1. The van der Waals surface area contributed by atoms with Gasteiger partial charge in [0, 0.05) is 10.2 Å². The Morgan fingerprint density at radius 2 is 1.72 bits per heavy atom. The second-order valence-electron chi connectivity index (χ2n) is 3.55. The van der Waals surface area contributed by atoms with E-state index in [1.807, 2.05) is 0 Å². The number of anilines is 1. The predicted octanol–water partition coefficient (Wildman–Crippen LogP) is 3.39. The first-order valence-electron chi connectivity index (χ1n) is 5.02. The van der Waals surface area contributed by atoms with Gasteiger partial charge in [0.2, 0.25) is 0 Å². The first kappa shape index (κ1) is 13.0. The molecule has 0 amide bonds. The highest BCUT2D eigenvalue weighted by molar-refractivity contribution is 9.10. The minimum absolute atomic E-state index is 0.00671. The molecule has 0 aliphatic heterocycles. The highest BCUT2D eigenvalue weighted by atomic mass is 79.9. The Kier molecular flexibility index (Phi) is 3.68. The Labute approximate surface area is 113 Å². The summed E-state index contributed by atoms with van der Waals surface area (Å²) in [5.74, 6) is -0.500. The zero-order chi connectivity index (χ0) is 13.2. The van der Waals surface area contributed by atoms with Crippen LogP contribution in [0.2, 0.25) is 0 Å². The van der Waals surface area contributed by atoms with Crippen molar-refractivity contribution >= 4 is 31.6 Å². The zero-order valence-corrected chi connectivity index (χ0v) is 11.5. The lowest BCUT2D eigenvalue weighted by molar-refractivity contribution is 0.599. The molecule has 3 nitrogen and oxygen atoms in total. The fraction of sp³-hybridized carbons (Fsp3) is 0. The Balaban J connectivity index is 2.37. The van der Waals surface area contributed by atoms with E-state index in [9.17, 15) is 12.8 Å². The summed E-state index contributed by atoms with van der Waals surface area (Å²) in [6.07, 6.45) is 0. The second kappa shape index (κ2) is 5.07. The van der Waals surface area contributed by atoms with Gasteiger partial charge in [-0.2, -0.15) is 0 Å². The minimum Gasteiger partial charge on any atom is -0.280 e. The molecule has 0 saturated carbocycles. The van der Waals surface area contributed by atoms with Crippen LogP contribution in [0, 0.1) is 5.82 Å². The summed E-state index contributed by atoms with van der Waals surface area (Å²) >= 11 is 3.04. The molecule has 18 heavy (non-hydrogen) atoms. The molecule has 94 valence electrons. The first-order valence-corrected chi connectivity index (χ1v) is 7.29. The quantitative estimate of drug-likeness (QED) is 0.938. The average molecular weight is 330 g/mol. The Bertz CT molecular complexity index is 659. The van der Waals surface area contributed by atoms with Gasteiger partial charge in [0.1, 0.15) is 10.7 Å². The van der Waals surface area contributed by atoms with Crippen LogP contribution in [0.15, 0.2) is 57.9 Å². The molecule has 2 aromatic carbocycles. The monoisotopic (exact) mass is 329 g/mol. The van der Waals surface area contributed by atoms with Crippen molar-refractivity contribution < 1.29 is 12.8 Å².